The van der Waals surface area contributed by atoms with Crippen LogP contribution < -0.4 is 9.47 Å². The van der Waals surface area contributed by atoms with Crippen molar-refractivity contribution in [1.29, 1.82) is 0 Å². The number of rotatable bonds is 4. The second kappa shape index (κ2) is 7.00. The van der Waals surface area contributed by atoms with Crippen LogP contribution in [0, 0.1) is 5.82 Å². The molecule has 0 aromatic heterocycles. The number of carbonyl (C=O) groups is 1. The summed E-state index contributed by atoms with van der Waals surface area (Å²) in [6.07, 6.45) is 2.62. The third-order valence-corrected chi connectivity index (χ3v) is 4.05. The maximum Gasteiger partial charge on any atom is 0.363 e. The lowest BCUT2D eigenvalue weighted by molar-refractivity contribution is -0.130. The molecule has 2 heterocycles. The Bertz CT molecular complexity index is 920. The number of aliphatic imine (C=N–C) groups is 1. The number of nitrogens with zero attached hydrogens (tertiary/aromatic N) is 1. The van der Waals surface area contributed by atoms with Gasteiger partial charge in [-0.1, -0.05) is 18.2 Å². The summed E-state index contributed by atoms with van der Waals surface area (Å²) in [5.41, 5.74) is 1.83. The summed E-state index contributed by atoms with van der Waals surface area (Å²) in [5.74, 6) is 0.892. The van der Waals surface area contributed by atoms with E-state index in [9.17, 15) is 9.18 Å². The fraction of sp³-hybridized carbons (Fsp3) is 0.200. The van der Waals surface area contributed by atoms with Gasteiger partial charge in [0.15, 0.2) is 23.1 Å². The van der Waals surface area contributed by atoms with Gasteiger partial charge in [0.2, 0.25) is 0 Å². The molecule has 132 valence electrons. The van der Waals surface area contributed by atoms with Gasteiger partial charge in [-0.15, -0.1) is 0 Å². The summed E-state index contributed by atoms with van der Waals surface area (Å²) in [4.78, 5) is 16.3. The number of benzene rings is 2. The van der Waals surface area contributed by atoms with Crippen LogP contribution in [-0.2, 0) is 16.0 Å². The first-order valence-electron chi connectivity index (χ1n) is 8.33. The number of hydrogen-bond donors (Lipinski definition) is 0. The molecule has 0 saturated carbocycles. The first-order chi connectivity index (χ1) is 12.7. The van der Waals surface area contributed by atoms with E-state index in [4.69, 9.17) is 14.2 Å². The van der Waals surface area contributed by atoms with Gasteiger partial charge < -0.3 is 14.2 Å². The fourth-order valence-electron chi connectivity index (χ4n) is 2.81. The van der Waals surface area contributed by atoms with Gasteiger partial charge in [0.25, 0.3) is 0 Å². The highest BCUT2D eigenvalue weighted by atomic mass is 19.1. The van der Waals surface area contributed by atoms with Gasteiger partial charge >= 0.3 is 5.97 Å². The third kappa shape index (κ3) is 3.59. The Kier molecular flexibility index (Phi) is 4.39. The molecule has 2 aromatic carbocycles. The van der Waals surface area contributed by atoms with E-state index in [1.807, 2.05) is 12.1 Å². The van der Waals surface area contributed by atoms with E-state index in [0.717, 1.165) is 11.1 Å². The maximum absolute atomic E-state index is 13.2. The van der Waals surface area contributed by atoms with Crippen LogP contribution in [0.15, 0.2) is 53.2 Å². The molecule has 5 nitrogen and oxygen atoms in total. The molecule has 2 aromatic rings. The number of hydrogen-bond acceptors (Lipinski definition) is 5. The van der Waals surface area contributed by atoms with E-state index in [-0.39, 0.29) is 11.5 Å². The van der Waals surface area contributed by atoms with Gasteiger partial charge in [0, 0.05) is 6.42 Å². The molecule has 0 unspecified atom stereocenters. The van der Waals surface area contributed by atoms with Crippen LogP contribution in [0.25, 0.3) is 6.08 Å². The molecule has 26 heavy (non-hydrogen) atoms. The van der Waals surface area contributed by atoms with Crippen LogP contribution in [0.5, 0.6) is 11.5 Å². The SMILES string of the molecule is O=C1OC(CCc2cccc(F)c2)=N/C1=C/c1ccc2c(c1)OCCO2. The van der Waals surface area contributed by atoms with Crippen molar-refractivity contribution in [3.05, 3.63) is 65.1 Å². The number of cyclic esters (lactones) is 1. The molecule has 0 spiro atoms. The van der Waals surface area contributed by atoms with Crippen molar-refractivity contribution >= 4 is 17.9 Å². The minimum atomic E-state index is -0.492. The Balaban J connectivity index is 1.48. The van der Waals surface area contributed by atoms with Crippen molar-refractivity contribution in [2.75, 3.05) is 13.2 Å². The number of carbonyl (C=O) groups excluding carboxylic acids is 1. The Hall–Kier alpha value is -3.15. The molecule has 0 amide bonds. The largest absolute Gasteiger partial charge is 0.486 e. The molecule has 2 aliphatic heterocycles. The zero-order chi connectivity index (χ0) is 17.9. The van der Waals surface area contributed by atoms with Crippen molar-refractivity contribution in [2.45, 2.75) is 12.8 Å². The number of halogens is 1. The molecular weight excluding hydrogens is 337 g/mol. The smallest absolute Gasteiger partial charge is 0.363 e. The van der Waals surface area contributed by atoms with E-state index < -0.39 is 5.97 Å². The van der Waals surface area contributed by atoms with E-state index in [0.29, 0.717) is 43.5 Å². The molecule has 0 bridgehead atoms. The minimum absolute atomic E-state index is 0.232. The topological polar surface area (TPSA) is 57.1 Å². The zero-order valence-electron chi connectivity index (χ0n) is 13.9. The highest BCUT2D eigenvalue weighted by Crippen LogP contribution is 2.31. The zero-order valence-corrected chi connectivity index (χ0v) is 13.9. The van der Waals surface area contributed by atoms with Crippen molar-refractivity contribution < 1.29 is 23.4 Å². The Labute approximate surface area is 149 Å². The molecule has 0 fully saturated rings. The van der Waals surface area contributed by atoms with Crippen molar-refractivity contribution in [1.82, 2.24) is 0 Å². The Morgan fingerprint density at radius 3 is 2.73 bits per heavy atom. The highest BCUT2D eigenvalue weighted by Gasteiger charge is 2.23. The lowest BCUT2D eigenvalue weighted by Gasteiger charge is -2.18. The van der Waals surface area contributed by atoms with E-state index in [2.05, 4.69) is 4.99 Å². The fourth-order valence-corrected chi connectivity index (χ4v) is 2.81. The summed E-state index contributed by atoms with van der Waals surface area (Å²) in [6, 6.07) is 11.8. The molecule has 0 saturated heterocycles. The van der Waals surface area contributed by atoms with Crippen molar-refractivity contribution in [2.24, 2.45) is 4.99 Å². The van der Waals surface area contributed by atoms with Gasteiger partial charge in [-0.2, -0.15) is 0 Å². The molecule has 6 heteroatoms. The lowest BCUT2D eigenvalue weighted by atomic mass is 10.1. The number of fused-ring (bicyclic) bond motifs is 1. The van der Waals surface area contributed by atoms with Crippen LogP contribution in [0.3, 0.4) is 0 Å². The first-order valence-corrected chi connectivity index (χ1v) is 8.33. The second-order valence-electron chi connectivity index (χ2n) is 5.96. The van der Waals surface area contributed by atoms with Crippen LogP contribution >= 0.6 is 0 Å². The van der Waals surface area contributed by atoms with Gasteiger partial charge in [0.1, 0.15) is 19.0 Å². The van der Waals surface area contributed by atoms with E-state index in [1.165, 1.54) is 12.1 Å². The highest BCUT2D eigenvalue weighted by molar-refractivity contribution is 6.07. The number of ether oxygens (including phenoxy) is 3. The average Bonchev–Trinajstić information content (AvgIpc) is 2.99. The monoisotopic (exact) mass is 353 g/mol. The number of esters is 1. The van der Waals surface area contributed by atoms with Crippen LogP contribution in [0.4, 0.5) is 4.39 Å². The molecular formula is C20H16FNO4. The summed E-state index contributed by atoms with van der Waals surface area (Å²) in [5, 5.41) is 0. The predicted octanol–water partition coefficient (Wildman–Crippen LogP) is 3.53. The molecule has 0 N–H and O–H groups in total. The molecule has 0 radical (unpaired) electrons. The average molecular weight is 353 g/mol. The maximum atomic E-state index is 13.2. The van der Waals surface area contributed by atoms with Crippen LogP contribution in [0.1, 0.15) is 17.5 Å². The second-order valence-corrected chi connectivity index (χ2v) is 5.96. The first kappa shape index (κ1) is 16.3. The standard InChI is InChI=1S/C20H16FNO4/c21-15-3-1-2-13(10-15)5-7-19-22-16(20(23)26-19)11-14-4-6-17-18(12-14)25-9-8-24-17/h1-4,6,10-12H,5,7-9H2/b16-11+. The van der Waals surface area contributed by atoms with E-state index in [1.54, 1.807) is 24.3 Å². The summed E-state index contributed by atoms with van der Waals surface area (Å²) in [7, 11) is 0. The van der Waals surface area contributed by atoms with Crippen LogP contribution in [0.2, 0.25) is 0 Å². The third-order valence-electron chi connectivity index (χ3n) is 4.05. The number of aryl methyl sites for hydroxylation is 1. The predicted molar refractivity (Wildman–Crippen MR) is 93.7 cm³/mol. The van der Waals surface area contributed by atoms with Gasteiger partial charge in [-0.3, -0.25) is 0 Å². The molecule has 0 aliphatic carbocycles. The molecule has 0 atom stereocenters. The quantitative estimate of drug-likeness (QED) is 0.623. The van der Waals surface area contributed by atoms with Gasteiger partial charge in [-0.25, -0.2) is 14.2 Å². The van der Waals surface area contributed by atoms with Crippen molar-refractivity contribution in [3.63, 3.8) is 0 Å². The van der Waals surface area contributed by atoms with E-state index >= 15 is 0 Å². The normalized spacial score (nSPS) is 17.2. The molecule has 2 aliphatic rings. The van der Waals surface area contributed by atoms with Crippen LogP contribution in [-0.4, -0.2) is 25.1 Å². The summed E-state index contributed by atoms with van der Waals surface area (Å²) >= 11 is 0. The summed E-state index contributed by atoms with van der Waals surface area (Å²) in [6.45, 7) is 1.02. The Morgan fingerprint density at radius 2 is 1.88 bits per heavy atom. The molecule has 4 rings (SSSR count). The lowest BCUT2D eigenvalue weighted by Crippen LogP contribution is -2.15. The van der Waals surface area contributed by atoms with Gasteiger partial charge in [0.05, 0.1) is 0 Å². The summed E-state index contributed by atoms with van der Waals surface area (Å²) < 4.78 is 29.4. The Morgan fingerprint density at radius 1 is 1.04 bits per heavy atom. The minimum Gasteiger partial charge on any atom is -0.486 e. The van der Waals surface area contributed by atoms with Gasteiger partial charge in [-0.05, 0) is 47.9 Å². The van der Waals surface area contributed by atoms with Crippen molar-refractivity contribution in [3.8, 4) is 11.5 Å².